The second-order valence-electron chi connectivity index (χ2n) is 2.57. The van der Waals surface area contributed by atoms with Crippen LogP contribution in [0.2, 0.25) is 0 Å². The number of hydrogen-bond donors (Lipinski definition) is 0. The van der Waals surface area contributed by atoms with Gasteiger partial charge in [-0.05, 0) is 12.1 Å². The van der Waals surface area contributed by atoms with Crippen LogP contribution < -0.4 is 4.74 Å². The zero-order valence-corrected chi connectivity index (χ0v) is 9.56. The highest BCUT2D eigenvalue weighted by Gasteiger charge is 2.11. The van der Waals surface area contributed by atoms with E-state index in [1.807, 2.05) is 46.9 Å². The molecule has 0 fully saturated rings. The van der Waals surface area contributed by atoms with Crippen LogP contribution in [0.3, 0.4) is 0 Å². The third-order valence-corrected chi connectivity index (χ3v) is 2.18. The van der Waals surface area contributed by atoms with Gasteiger partial charge in [-0.15, -0.1) is 0 Å². The summed E-state index contributed by atoms with van der Waals surface area (Å²) in [5, 5.41) is 3.71. The van der Waals surface area contributed by atoms with Gasteiger partial charge in [0.15, 0.2) is 0 Å². The molecule has 0 saturated carbocycles. The van der Waals surface area contributed by atoms with Gasteiger partial charge in [-0.25, -0.2) is 0 Å². The normalized spacial score (nSPS) is 10.1. The first-order valence-electron chi connectivity index (χ1n) is 3.94. The first-order valence-corrected chi connectivity index (χ1v) is 5.01. The van der Waals surface area contributed by atoms with Crippen molar-refractivity contribution in [3.63, 3.8) is 0 Å². The van der Waals surface area contributed by atoms with Crippen LogP contribution >= 0.6 is 22.6 Å². The average Bonchev–Trinajstić information content (AvgIpc) is 2.65. The average molecular weight is 302 g/mol. The molecule has 0 aliphatic carbocycles. The van der Waals surface area contributed by atoms with E-state index in [1.165, 1.54) is 0 Å². The fourth-order valence-corrected chi connectivity index (χ4v) is 1.45. The third kappa shape index (κ3) is 1.72. The maximum absolute atomic E-state index is 5.18. The summed E-state index contributed by atoms with van der Waals surface area (Å²) in [6, 6.07) is 7.52. The van der Waals surface area contributed by atoms with E-state index < -0.39 is 0 Å². The number of halogens is 1. The van der Waals surface area contributed by atoms with Gasteiger partial charge in [0.1, 0.15) is 5.75 Å². The maximum Gasteiger partial charge on any atom is 0.262 e. The molecule has 4 nitrogen and oxygen atoms in total. The summed E-state index contributed by atoms with van der Waals surface area (Å²) >= 11 is 1.99. The van der Waals surface area contributed by atoms with E-state index in [0.717, 1.165) is 11.3 Å². The van der Waals surface area contributed by atoms with Crippen LogP contribution in [0.4, 0.5) is 0 Å². The van der Waals surface area contributed by atoms with Gasteiger partial charge in [0.2, 0.25) is 3.83 Å². The number of para-hydroxylation sites is 1. The number of benzene rings is 1. The van der Waals surface area contributed by atoms with Gasteiger partial charge in [0.25, 0.3) is 5.89 Å². The van der Waals surface area contributed by atoms with E-state index in [4.69, 9.17) is 9.26 Å². The molecule has 5 heteroatoms. The summed E-state index contributed by atoms with van der Waals surface area (Å²) in [5.74, 6) is 1.21. The lowest BCUT2D eigenvalue weighted by Crippen LogP contribution is -1.87. The topological polar surface area (TPSA) is 48.2 Å². The van der Waals surface area contributed by atoms with Crippen LogP contribution in [0.25, 0.3) is 11.5 Å². The molecular weight excluding hydrogens is 295 g/mol. The standard InChI is InChI=1S/C9H7IN2O2/c1-13-7-5-3-2-4-6(7)8-11-9(10)12-14-8/h2-5H,1H3. The van der Waals surface area contributed by atoms with Crippen molar-refractivity contribution in [2.75, 3.05) is 7.11 Å². The van der Waals surface area contributed by atoms with E-state index in [9.17, 15) is 0 Å². The van der Waals surface area contributed by atoms with Crippen molar-refractivity contribution in [2.45, 2.75) is 0 Å². The van der Waals surface area contributed by atoms with Crippen molar-refractivity contribution >= 4 is 22.6 Å². The molecule has 0 atom stereocenters. The molecule has 2 rings (SSSR count). The summed E-state index contributed by atoms with van der Waals surface area (Å²) in [6.07, 6.45) is 0. The molecule has 0 aliphatic heterocycles. The second-order valence-corrected chi connectivity index (χ2v) is 3.53. The number of rotatable bonds is 2. The second kappa shape index (κ2) is 3.95. The minimum Gasteiger partial charge on any atom is -0.496 e. The molecule has 72 valence electrons. The minimum atomic E-state index is 0.479. The SMILES string of the molecule is COc1ccccc1-c1nc(I)no1. The monoisotopic (exact) mass is 302 g/mol. The Hall–Kier alpha value is -1.11. The zero-order valence-electron chi connectivity index (χ0n) is 7.40. The summed E-state index contributed by atoms with van der Waals surface area (Å²) in [6.45, 7) is 0. The lowest BCUT2D eigenvalue weighted by Gasteiger charge is -2.02. The molecule has 2 aromatic rings. The molecule has 1 aromatic heterocycles. The summed E-state index contributed by atoms with van der Waals surface area (Å²) in [5.41, 5.74) is 0.811. The fraction of sp³-hybridized carbons (Fsp3) is 0.111. The summed E-state index contributed by atoms with van der Waals surface area (Å²) < 4.78 is 10.8. The Morgan fingerprint density at radius 3 is 2.79 bits per heavy atom. The Morgan fingerprint density at radius 2 is 2.14 bits per heavy atom. The van der Waals surface area contributed by atoms with Gasteiger partial charge in [-0.2, -0.15) is 4.98 Å². The van der Waals surface area contributed by atoms with Gasteiger partial charge in [-0.3, -0.25) is 0 Å². The Bertz CT molecular complexity index is 442. The van der Waals surface area contributed by atoms with Gasteiger partial charge < -0.3 is 9.26 Å². The van der Waals surface area contributed by atoms with Gasteiger partial charge >= 0.3 is 0 Å². The van der Waals surface area contributed by atoms with Crippen molar-refractivity contribution in [3.05, 3.63) is 28.1 Å². The van der Waals surface area contributed by atoms with Crippen molar-refractivity contribution in [1.29, 1.82) is 0 Å². The quantitative estimate of drug-likeness (QED) is 0.799. The lowest BCUT2D eigenvalue weighted by molar-refractivity contribution is 0.404. The number of nitrogens with zero attached hydrogens (tertiary/aromatic N) is 2. The highest BCUT2D eigenvalue weighted by Crippen LogP contribution is 2.27. The van der Waals surface area contributed by atoms with E-state index in [-0.39, 0.29) is 0 Å². The van der Waals surface area contributed by atoms with Crippen LogP contribution in [0.15, 0.2) is 28.8 Å². The molecule has 0 radical (unpaired) electrons. The molecule has 0 bridgehead atoms. The van der Waals surface area contributed by atoms with Crippen molar-refractivity contribution in [1.82, 2.24) is 10.1 Å². The molecule has 0 aliphatic rings. The molecule has 0 amide bonds. The smallest absolute Gasteiger partial charge is 0.262 e. The van der Waals surface area contributed by atoms with E-state index in [0.29, 0.717) is 9.72 Å². The van der Waals surface area contributed by atoms with Gasteiger partial charge in [-0.1, -0.05) is 17.3 Å². The first-order chi connectivity index (χ1) is 6.81. The van der Waals surface area contributed by atoms with Crippen molar-refractivity contribution in [2.24, 2.45) is 0 Å². The zero-order chi connectivity index (χ0) is 9.97. The maximum atomic E-state index is 5.18. The lowest BCUT2D eigenvalue weighted by atomic mass is 10.2. The first kappa shape index (κ1) is 9.45. The number of methoxy groups -OCH3 is 1. The predicted molar refractivity (Wildman–Crippen MR) is 59.0 cm³/mol. The Balaban J connectivity index is 2.50. The third-order valence-electron chi connectivity index (χ3n) is 1.74. The summed E-state index contributed by atoms with van der Waals surface area (Å²) in [4.78, 5) is 4.12. The van der Waals surface area contributed by atoms with Crippen molar-refractivity contribution in [3.8, 4) is 17.2 Å². The number of aromatic nitrogens is 2. The molecule has 14 heavy (non-hydrogen) atoms. The van der Waals surface area contributed by atoms with Crippen molar-refractivity contribution < 1.29 is 9.26 Å². The highest BCUT2D eigenvalue weighted by atomic mass is 127. The van der Waals surface area contributed by atoms with Gasteiger partial charge in [0, 0.05) is 22.6 Å². The van der Waals surface area contributed by atoms with Gasteiger partial charge in [0.05, 0.1) is 12.7 Å². The van der Waals surface area contributed by atoms with Crippen LogP contribution in [0.5, 0.6) is 5.75 Å². The Labute approximate surface area is 94.4 Å². The molecule has 0 spiro atoms. The largest absolute Gasteiger partial charge is 0.496 e. The molecule has 1 heterocycles. The minimum absolute atomic E-state index is 0.479. The predicted octanol–water partition coefficient (Wildman–Crippen LogP) is 2.35. The number of ether oxygens (including phenoxy) is 1. The molecule has 0 unspecified atom stereocenters. The van der Waals surface area contributed by atoms with E-state index in [2.05, 4.69) is 10.1 Å². The Morgan fingerprint density at radius 1 is 1.36 bits per heavy atom. The fourth-order valence-electron chi connectivity index (χ4n) is 1.14. The molecule has 1 aromatic carbocycles. The Kier molecular flexibility index (Phi) is 2.67. The van der Waals surface area contributed by atoms with E-state index >= 15 is 0 Å². The summed E-state index contributed by atoms with van der Waals surface area (Å²) in [7, 11) is 1.61. The van der Waals surface area contributed by atoms with Crippen LogP contribution in [0.1, 0.15) is 0 Å². The number of hydrogen-bond acceptors (Lipinski definition) is 4. The van der Waals surface area contributed by atoms with Crippen LogP contribution in [-0.2, 0) is 0 Å². The molecular formula is C9H7IN2O2. The van der Waals surface area contributed by atoms with E-state index in [1.54, 1.807) is 7.11 Å². The molecule has 0 N–H and O–H groups in total. The van der Waals surface area contributed by atoms with Crippen LogP contribution in [-0.4, -0.2) is 17.3 Å². The highest BCUT2D eigenvalue weighted by molar-refractivity contribution is 14.1. The van der Waals surface area contributed by atoms with Crippen LogP contribution in [0, 0.1) is 3.83 Å². The molecule has 0 saturated heterocycles.